The number of benzene rings is 2. The lowest BCUT2D eigenvalue weighted by Crippen LogP contribution is -2.20. The van der Waals surface area contributed by atoms with Crippen LogP contribution in [0.15, 0.2) is 36.4 Å². The van der Waals surface area contributed by atoms with Crippen LogP contribution >= 0.6 is 0 Å². The number of esters is 1. The van der Waals surface area contributed by atoms with Crippen LogP contribution in [0, 0.1) is 6.92 Å². The number of carbonyl (C=O) groups is 1. The minimum atomic E-state index is -0.216. The maximum absolute atomic E-state index is 11.9. The molecule has 1 atom stereocenters. The lowest BCUT2D eigenvalue weighted by Gasteiger charge is -2.25. The van der Waals surface area contributed by atoms with Crippen LogP contribution in [-0.4, -0.2) is 12.8 Å². The van der Waals surface area contributed by atoms with Gasteiger partial charge in [-0.2, -0.15) is 0 Å². The van der Waals surface area contributed by atoms with Crippen molar-refractivity contribution in [2.45, 2.75) is 19.3 Å². The Kier molecular flexibility index (Phi) is 2.64. The first kappa shape index (κ1) is 12.3. The molecule has 4 heteroatoms. The fourth-order valence-electron chi connectivity index (χ4n) is 2.84. The van der Waals surface area contributed by atoms with Crippen LogP contribution in [0.25, 0.3) is 0 Å². The Morgan fingerprint density at radius 3 is 2.48 bits per heavy atom. The summed E-state index contributed by atoms with van der Waals surface area (Å²) >= 11 is 0. The van der Waals surface area contributed by atoms with Gasteiger partial charge >= 0.3 is 5.97 Å². The molecule has 2 aromatic rings. The highest BCUT2D eigenvalue weighted by molar-refractivity contribution is 5.78. The first-order valence-electron chi connectivity index (χ1n) is 6.91. The Morgan fingerprint density at radius 2 is 1.71 bits per heavy atom. The number of ether oxygens (including phenoxy) is 3. The molecule has 0 amide bonds. The minimum absolute atomic E-state index is 0.00338. The SMILES string of the molecule is Cc1ccc([C@H]2CC(=O)Oc3cc4c(cc32)OCO4)cc1. The second-order valence-electron chi connectivity index (χ2n) is 5.38. The fourth-order valence-corrected chi connectivity index (χ4v) is 2.84. The molecule has 4 rings (SSSR count). The van der Waals surface area contributed by atoms with E-state index in [0.717, 1.165) is 11.1 Å². The van der Waals surface area contributed by atoms with Gasteiger partial charge in [0.1, 0.15) is 5.75 Å². The molecule has 0 aromatic heterocycles. The number of carbonyl (C=O) groups excluding carboxylic acids is 1. The highest BCUT2D eigenvalue weighted by atomic mass is 16.7. The van der Waals surface area contributed by atoms with Crippen LogP contribution in [-0.2, 0) is 4.79 Å². The lowest BCUT2D eigenvalue weighted by atomic mass is 9.86. The van der Waals surface area contributed by atoms with Crippen LogP contribution in [0.1, 0.15) is 29.0 Å². The van der Waals surface area contributed by atoms with Crippen molar-refractivity contribution in [1.82, 2.24) is 0 Å². The number of hydrogen-bond donors (Lipinski definition) is 0. The van der Waals surface area contributed by atoms with E-state index in [0.29, 0.717) is 23.7 Å². The van der Waals surface area contributed by atoms with E-state index in [-0.39, 0.29) is 18.7 Å². The number of fused-ring (bicyclic) bond motifs is 2. The van der Waals surface area contributed by atoms with Crippen molar-refractivity contribution < 1.29 is 19.0 Å². The van der Waals surface area contributed by atoms with Gasteiger partial charge in [0.15, 0.2) is 11.5 Å². The predicted octanol–water partition coefficient (Wildman–Crippen LogP) is 3.16. The van der Waals surface area contributed by atoms with Crippen molar-refractivity contribution in [3.63, 3.8) is 0 Å². The molecule has 0 N–H and O–H groups in total. The summed E-state index contributed by atoms with van der Waals surface area (Å²) < 4.78 is 16.1. The highest BCUT2D eigenvalue weighted by Crippen LogP contribution is 2.45. The number of hydrogen-bond acceptors (Lipinski definition) is 4. The molecule has 106 valence electrons. The van der Waals surface area contributed by atoms with E-state index in [2.05, 4.69) is 24.3 Å². The standard InChI is InChI=1S/C17H14O4/c1-10-2-4-11(5-3-10)12-7-17(18)21-14-8-16-15(6-13(12)14)19-9-20-16/h2-6,8,12H,7,9H2,1H3/t12-/m1/s1. The van der Waals surface area contributed by atoms with E-state index >= 15 is 0 Å². The van der Waals surface area contributed by atoms with Gasteiger partial charge < -0.3 is 14.2 Å². The molecule has 2 heterocycles. The van der Waals surface area contributed by atoms with Gasteiger partial charge in [-0.1, -0.05) is 29.8 Å². The zero-order valence-electron chi connectivity index (χ0n) is 11.6. The van der Waals surface area contributed by atoms with Gasteiger partial charge in [-0.3, -0.25) is 4.79 Å². The van der Waals surface area contributed by atoms with E-state index in [9.17, 15) is 4.79 Å². The Labute approximate surface area is 122 Å². The Bertz CT molecular complexity index is 718. The maximum Gasteiger partial charge on any atom is 0.312 e. The Morgan fingerprint density at radius 1 is 1.00 bits per heavy atom. The van der Waals surface area contributed by atoms with Gasteiger partial charge in [0, 0.05) is 17.5 Å². The van der Waals surface area contributed by atoms with Crippen LogP contribution in [0.5, 0.6) is 17.2 Å². The minimum Gasteiger partial charge on any atom is -0.454 e. The average molecular weight is 282 g/mol. The second kappa shape index (κ2) is 4.52. The highest BCUT2D eigenvalue weighted by Gasteiger charge is 2.31. The summed E-state index contributed by atoms with van der Waals surface area (Å²) in [6.45, 7) is 2.26. The normalized spacial score (nSPS) is 19.1. The van der Waals surface area contributed by atoms with Crippen LogP contribution < -0.4 is 14.2 Å². The van der Waals surface area contributed by atoms with Crippen LogP contribution in [0.4, 0.5) is 0 Å². The quantitative estimate of drug-likeness (QED) is 0.595. The molecule has 2 aliphatic heterocycles. The van der Waals surface area contributed by atoms with Crippen LogP contribution in [0.2, 0.25) is 0 Å². The Hall–Kier alpha value is -2.49. The smallest absolute Gasteiger partial charge is 0.312 e. The van der Waals surface area contributed by atoms with Crippen molar-refractivity contribution in [1.29, 1.82) is 0 Å². The van der Waals surface area contributed by atoms with Crippen molar-refractivity contribution in [3.8, 4) is 17.2 Å². The zero-order valence-corrected chi connectivity index (χ0v) is 11.6. The van der Waals surface area contributed by atoms with Gasteiger partial charge in [0.2, 0.25) is 6.79 Å². The third-order valence-corrected chi connectivity index (χ3v) is 3.95. The first-order valence-corrected chi connectivity index (χ1v) is 6.91. The summed E-state index contributed by atoms with van der Waals surface area (Å²) in [6.07, 6.45) is 0.343. The molecular formula is C17H14O4. The van der Waals surface area contributed by atoms with E-state index in [1.54, 1.807) is 6.07 Å². The van der Waals surface area contributed by atoms with Crippen LogP contribution in [0.3, 0.4) is 0 Å². The van der Waals surface area contributed by atoms with Gasteiger partial charge in [-0.25, -0.2) is 0 Å². The molecule has 0 bridgehead atoms. The number of aryl methyl sites for hydroxylation is 1. The predicted molar refractivity (Wildman–Crippen MR) is 75.8 cm³/mol. The van der Waals surface area contributed by atoms with Gasteiger partial charge in [0.05, 0.1) is 6.42 Å². The molecule has 0 spiro atoms. The molecule has 4 nitrogen and oxygen atoms in total. The van der Waals surface area contributed by atoms with Crippen molar-refractivity contribution in [2.75, 3.05) is 6.79 Å². The summed E-state index contributed by atoms with van der Waals surface area (Å²) in [4.78, 5) is 11.9. The molecule has 0 saturated carbocycles. The monoisotopic (exact) mass is 282 g/mol. The van der Waals surface area contributed by atoms with Gasteiger partial charge in [0.25, 0.3) is 0 Å². The summed E-state index contributed by atoms with van der Waals surface area (Å²) in [5, 5.41) is 0. The average Bonchev–Trinajstić information content (AvgIpc) is 2.92. The second-order valence-corrected chi connectivity index (χ2v) is 5.38. The third-order valence-electron chi connectivity index (χ3n) is 3.95. The Balaban J connectivity index is 1.83. The van der Waals surface area contributed by atoms with Crippen molar-refractivity contribution in [3.05, 3.63) is 53.1 Å². The molecule has 2 aromatic carbocycles. The maximum atomic E-state index is 11.9. The first-order chi connectivity index (χ1) is 10.2. The van der Waals surface area contributed by atoms with E-state index < -0.39 is 0 Å². The largest absolute Gasteiger partial charge is 0.454 e. The molecule has 0 unspecified atom stereocenters. The molecule has 0 radical (unpaired) electrons. The molecule has 0 saturated heterocycles. The zero-order chi connectivity index (χ0) is 14.4. The fraction of sp³-hybridized carbons (Fsp3) is 0.235. The molecule has 21 heavy (non-hydrogen) atoms. The van der Waals surface area contributed by atoms with Gasteiger partial charge in [-0.05, 0) is 18.6 Å². The number of rotatable bonds is 1. The van der Waals surface area contributed by atoms with Gasteiger partial charge in [-0.15, -0.1) is 0 Å². The molecule has 2 aliphatic rings. The summed E-state index contributed by atoms with van der Waals surface area (Å²) in [5.41, 5.74) is 3.28. The topological polar surface area (TPSA) is 44.8 Å². The summed E-state index contributed by atoms with van der Waals surface area (Å²) in [6, 6.07) is 11.9. The molecule has 0 fully saturated rings. The summed E-state index contributed by atoms with van der Waals surface area (Å²) in [7, 11) is 0. The molecule has 0 aliphatic carbocycles. The van der Waals surface area contributed by atoms with E-state index in [1.165, 1.54) is 5.56 Å². The molecular weight excluding hydrogens is 268 g/mol. The van der Waals surface area contributed by atoms with Crippen molar-refractivity contribution >= 4 is 5.97 Å². The van der Waals surface area contributed by atoms with E-state index in [4.69, 9.17) is 14.2 Å². The lowest BCUT2D eigenvalue weighted by molar-refractivity contribution is -0.135. The van der Waals surface area contributed by atoms with Crippen molar-refractivity contribution in [2.24, 2.45) is 0 Å². The third kappa shape index (κ3) is 2.03. The van der Waals surface area contributed by atoms with E-state index in [1.807, 2.05) is 13.0 Å². The summed E-state index contributed by atoms with van der Waals surface area (Å²) in [5.74, 6) is 1.69.